The third-order valence-electron chi connectivity index (χ3n) is 3.70. The Bertz CT molecular complexity index is 619. The first-order valence-electron chi connectivity index (χ1n) is 6.82. The molecule has 1 aromatic heterocycles. The molecule has 0 amide bonds. The summed E-state index contributed by atoms with van der Waals surface area (Å²) in [4.78, 5) is 4.25. The number of halogens is 1. The van der Waals surface area contributed by atoms with Gasteiger partial charge in [0.15, 0.2) is 0 Å². The SMILES string of the molecule is CNc1ncc(Br)cc1S(=O)(=O)N1CCCC(C)(O)CC1. The van der Waals surface area contributed by atoms with Crippen LogP contribution in [-0.4, -0.2) is 48.6 Å². The quantitative estimate of drug-likeness (QED) is 0.839. The van der Waals surface area contributed by atoms with Gasteiger partial charge in [0.2, 0.25) is 10.0 Å². The molecule has 1 aliphatic heterocycles. The zero-order valence-electron chi connectivity index (χ0n) is 12.1. The molecule has 2 N–H and O–H groups in total. The minimum absolute atomic E-state index is 0.154. The second-order valence-electron chi connectivity index (χ2n) is 5.50. The van der Waals surface area contributed by atoms with Crippen LogP contribution in [0.5, 0.6) is 0 Å². The molecule has 1 aromatic rings. The lowest BCUT2D eigenvalue weighted by molar-refractivity contribution is 0.0465. The summed E-state index contributed by atoms with van der Waals surface area (Å²) in [7, 11) is -1.99. The average molecular weight is 378 g/mol. The number of hydrogen-bond donors (Lipinski definition) is 2. The van der Waals surface area contributed by atoms with Crippen LogP contribution in [-0.2, 0) is 10.0 Å². The standard InChI is InChI=1S/C13H20BrN3O3S/c1-13(18)4-3-6-17(7-5-13)21(19,20)11-8-10(14)9-16-12(11)15-2/h8-9,18H,3-7H2,1-2H3,(H,15,16). The number of nitrogens with zero attached hydrogens (tertiary/aromatic N) is 2. The van der Waals surface area contributed by atoms with E-state index in [1.165, 1.54) is 4.31 Å². The monoisotopic (exact) mass is 377 g/mol. The molecule has 6 nitrogen and oxygen atoms in total. The Labute approximate surface area is 133 Å². The van der Waals surface area contributed by atoms with Crippen molar-refractivity contribution in [3.63, 3.8) is 0 Å². The first-order chi connectivity index (χ1) is 9.76. The summed E-state index contributed by atoms with van der Waals surface area (Å²) in [5.74, 6) is 0.328. The minimum atomic E-state index is -3.63. The molecule has 1 fully saturated rings. The molecular weight excluding hydrogens is 358 g/mol. The summed E-state index contributed by atoms with van der Waals surface area (Å²) in [6, 6.07) is 1.55. The third-order valence-corrected chi connectivity index (χ3v) is 6.04. The highest BCUT2D eigenvalue weighted by Gasteiger charge is 2.33. The predicted octanol–water partition coefficient (Wildman–Crippen LogP) is 1.81. The van der Waals surface area contributed by atoms with Gasteiger partial charge in [-0.15, -0.1) is 0 Å². The van der Waals surface area contributed by atoms with E-state index in [0.717, 1.165) is 0 Å². The van der Waals surface area contributed by atoms with Crippen molar-refractivity contribution in [2.45, 2.75) is 36.7 Å². The van der Waals surface area contributed by atoms with Crippen molar-refractivity contribution in [1.82, 2.24) is 9.29 Å². The Morgan fingerprint density at radius 2 is 2.14 bits per heavy atom. The van der Waals surface area contributed by atoms with Gasteiger partial charge in [0, 0.05) is 30.8 Å². The maximum absolute atomic E-state index is 12.8. The van der Waals surface area contributed by atoms with Crippen molar-refractivity contribution in [1.29, 1.82) is 0 Å². The largest absolute Gasteiger partial charge is 0.390 e. The lowest BCUT2D eigenvalue weighted by atomic mass is 9.98. The molecule has 1 saturated heterocycles. The van der Waals surface area contributed by atoms with Crippen molar-refractivity contribution >= 4 is 31.8 Å². The van der Waals surface area contributed by atoms with E-state index in [1.807, 2.05) is 0 Å². The predicted molar refractivity (Wildman–Crippen MR) is 84.7 cm³/mol. The Morgan fingerprint density at radius 1 is 1.43 bits per heavy atom. The maximum atomic E-state index is 12.8. The van der Waals surface area contributed by atoms with Crippen LogP contribution in [0.25, 0.3) is 0 Å². The van der Waals surface area contributed by atoms with Gasteiger partial charge in [-0.3, -0.25) is 0 Å². The number of aliphatic hydroxyl groups is 1. The Hall–Kier alpha value is -0.700. The Kier molecular flexibility index (Phi) is 4.92. The summed E-state index contributed by atoms with van der Waals surface area (Å²) in [6.07, 6.45) is 3.23. The second-order valence-corrected chi connectivity index (χ2v) is 8.33. The maximum Gasteiger partial charge on any atom is 0.246 e. The number of nitrogens with one attached hydrogen (secondary N) is 1. The molecule has 1 aliphatic rings. The molecule has 21 heavy (non-hydrogen) atoms. The molecule has 2 rings (SSSR count). The van der Waals surface area contributed by atoms with Gasteiger partial charge in [-0.05, 0) is 48.2 Å². The molecule has 0 bridgehead atoms. The number of anilines is 1. The van der Waals surface area contributed by atoms with E-state index < -0.39 is 15.6 Å². The van der Waals surface area contributed by atoms with Crippen molar-refractivity contribution in [2.75, 3.05) is 25.5 Å². The van der Waals surface area contributed by atoms with Crippen LogP contribution in [0.15, 0.2) is 21.6 Å². The van der Waals surface area contributed by atoms with Gasteiger partial charge < -0.3 is 10.4 Å². The molecular formula is C13H20BrN3O3S. The van der Waals surface area contributed by atoms with E-state index in [0.29, 0.717) is 42.6 Å². The number of sulfonamides is 1. The van der Waals surface area contributed by atoms with Crippen LogP contribution < -0.4 is 5.32 Å². The van der Waals surface area contributed by atoms with Crippen molar-refractivity contribution < 1.29 is 13.5 Å². The fourth-order valence-electron chi connectivity index (χ4n) is 2.42. The molecule has 0 spiro atoms. The number of rotatable bonds is 3. The van der Waals surface area contributed by atoms with Crippen molar-refractivity contribution in [3.8, 4) is 0 Å². The summed E-state index contributed by atoms with van der Waals surface area (Å²) in [6.45, 7) is 2.47. The summed E-state index contributed by atoms with van der Waals surface area (Å²) in [5, 5.41) is 12.9. The first-order valence-corrected chi connectivity index (χ1v) is 9.05. The third kappa shape index (κ3) is 3.74. The molecule has 1 atom stereocenters. The number of hydrogen-bond acceptors (Lipinski definition) is 5. The van der Waals surface area contributed by atoms with Crippen LogP contribution in [0, 0.1) is 0 Å². The molecule has 0 aromatic carbocycles. The first kappa shape index (κ1) is 16.7. The average Bonchev–Trinajstić information content (AvgIpc) is 2.60. The molecule has 1 unspecified atom stereocenters. The van der Waals surface area contributed by atoms with Gasteiger partial charge in [-0.2, -0.15) is 4.31 Å². The topological polar surface area (TPSA) is 82.5 Å². The fourth-order valence-corrected chi connectivity index (χ4v) is 4.56. The highest BCUT2D eigenvalue weighted by molar-refractivity contribution is 9.10. The smallest absolute Gasteiger partial charge is 0.246 e. The van der Waals surface area contributed by atoms with Crippen LogP contribution in [0.3, 0.4) is 0 Å². The fraction of sp³-hybridized carbons (Fsp3) is 0.615. The van der Waals surface area contributed by atoms with Gasteiger partial charge >= 0.3 is 0 Å². The molecule has 8 heteroatoms. The van der Waals surface area contributed by atoms with Crippen LogP contribution in [0.4, 0.5) is 5.82 Å². The van der Waals surface area contributed by atoms with Crippen molar-refractivity contribution in [2.24, 2.45) is 0 Å². The normalized spacial score (nSPS) is 24.6. The molecule has 118 valence electrons. The Balaban J connectivity index is 2.36. The van der Waals surface area contributed by atoms with Gasteiger partial charge in [-0.1, -0.05) is 0 Å². The lowest BCUT2D eigenvalue weighted by Gasteiger charge is -2.23. The van der Waals surface area contributed by atoms with Gasteiger partial charge in [0.05, 0.1) is 5.60 Å². The van der Waals surface area contributed by atoms with E-state index in [2.05, 4.69) is 26.2 Å². The van der Waals surface area contributed by atoms with E-state index in [1.54, 1.807) is 26.2 Å². The van der Waals surface area contributed by atoms with Gasteiger partial charge in [-0.25, -0.2) is 13.4 Å². The zero-order valence-corrected chi connectivity index (χ0v) is 14.5. The van der Waals surface area contributed by atoms with E-state index >= 15 is 0 Å². The van der Waals surface area contributed by atoms with Crippen LogP contribution >= 0.6 is 15.9 Å². The van der Waals surface area contributed by atoms with Gasteiger partial charge in [0.1, 0.15) is 10.7 Å². The molecule has 2 heterocycles. The second kappa shape index (κ2) is 6.20. The zero-order chi connectivity index (χ0) is 15.7. The summed E-state index contributed by atoms with van der Waals surface area (Å²) < 4.78 is 27.7. The van der Waals surface area contributed by atoms with E-state index in [4.69, 9.17) is 0 Å². The van der Waals surface area contributed by atoms with Gasteiger partial charge in [0.25, 0.3) is 0 Å². The van der Waals surface area contributed by atoms with E-state index in [-0.39, 0.29) is 4.90 Å². The molecule has 0 saturated carbocycles. The minimum Gasteiger partial charge on any atom is -0.390 e. The highest BCUT2D eigenvalue weighted by atomic mass is 79.9. The molecule has 0 radical (unpaired) electrons. The van der Waals surface area contributed by atoms with E-state index in [9.17, 15) is 13.5 Å². The summed E-state index contributed by atoms with van der Waals surface area (Å²) >= 11 is 3.26. The number of aromatic nitrogens is 1. The van der Waals surface area contributed by atoms with Crippen LogP contribution in [0.2, 0.25) is 0 Å². The molecule has 0 aliphatic carbocycles. The lowest BCUT2D eigenvalue weighted by Crippen LogP contribution is -2.34. The number of pyridine rings is 1. The Morgan fingerprint density at radius 3 is 2.81 bits per heavy atom. The highest BCUT2D eigenvalue weighted by Crippen LogP contribution is 2.29. The van der Waals surface area contributed by atoms with Crippen molar-refractivity contribution in [3.05, 3.63) is 16.7 Å². The summed E-state index contributed by atoms with van der Waals surface area (Å²) in [5.41, 5.74) is -0.800. The van der Waals surface area contributed by atoms with Crippen LogP contribution in [0.1, 0.15) is 26.2 Å².